The molecule has 0 unspecified atom stereocenters. The van der Waals surface area contributed by atoms with Gasteiger partial charge in [0.2, 0.25) is 5.13 Å². The summed E-state index contributed by atoms with van der Waals surface area (Å²) in [7, 11) is 0. The van der Waals surface area contributed by atoms with Gasteiger partial charge in [-0.25, -0.2) is 8.78 Å². The fourth-order valence-corrected chi connectivity index (χ4v) is 2.39. The largest absolute Gasteiger partial charge is 0.296 e. The molecule has 0 aliphatic carbocycles. The van der Waals surface area contributed by atoms with Crippen LogP contribution >= 0.6 is 11.5 Å². The van der Waals surface area contributed by atoms with Crippen LogP contribution in [0.2, 0.25) is 0 Å². The summed E-state index contributed by atoms with van der Waals surface area (Å²) in [6, 6.07) is 11.3. The van der Waals surface area contributed by atoms with Gasteiger partial charge in [-0.3, -0.25) is 10.1 Å². The molecule has 1 amide bonds. The van der Waals surface area contributed by atoms with Gasteiger partial charge in [0.15, 0.2) is 5.82 Å². The van der Waals surface area contributed by atoms with Gasteiger partial charge in [0.1, 0.15) is 11.6 Å². The van der Waals surface area contributed by atoms with Crippen LogP contribution in [0.3, 0.4) is 0 Å². The number of nitrogens with zero attached hydrogens (tertiary/aromatic N) is 2. The topological polar surface area (TPSA) is 54.9 Å². The normalized spacial score (nSPS) is 10.5. The number of anilines is 1. The highest BCUT2D eigenvalue weighted by Crippen LogP contribution is 2.22. The lowest BCUT2D eigenvalue weighted by atomic mass is 10.2. The highest BCUT2D eigenvalue weighted by Gasteiger charge is 2.14. The quantitative estimate of drug-likeness (QED) is 0.800. The van der Waals surface area contributed by atoms with E-state index in [1.165, 1.54) is 30.3 Å². The van der Waals surface area contributed by atoms with Crippen molar-refractivity contribution in [1.29, 1.82) is 0 Å². The molecule has 0 bridgehead atoms. The van der Waals surface area contributed by atoms with E-state index in [-0.39, 0.29) is 16.5 Å². The van der Waals surface area contributed by atoms with Gasteiger partial charge in [-0.05, 0) is 36.4 Å². The van der Waals surface area contributed by atoms with Gasteiger partial charge in [-0.15, -0.1) is 0 Å². The van der Waals surface area contributed by atoms with Crippen LogP contribution in [-0.2, 0) is 0 Å². The lowest BCUT2D eigenvalue weighted by molar-refractivity contribution is 0.102. The highest BCUT2D eigenvalue weighted by atomic mass is 32.1. The molecule has 1 N–H and O–H groups in total. The zero-order chi connectivity index (χ0) is 15.5. The van der Waals surface area contributed by atoms with Crippen molar-refractivity contribution >= 4 is 22.6 Å². The molecule has 4 nitrogen and oxygen atoms in total. The number of nitrogens with one attached hydrogen (secondary N) is 1. The summed E-state index contributed by atoms with van der Waals surface area (Å²) in [5.41, 5.74) is 0.560. The maximum atomic E-state index is 13.5. The van der Waals surface area contributed by atoms with Crippen LogP contribution in [0.1, 0.15) is 10.4 Å². The first-order valence-electron chi connectivity index (χ1n) is 6.29. The second kappa shape index (κ2) is 5.98. The molecule has 0 saturated heterocycles. The Bertz CT molecular complexity index is 818. The Kier molecular flexibility index (Phi) is 3.88. The van der Waals surface area contributed by atoms with E-state index in [4.69, 9.17) is 0 Å². The van der Waals surface area contributed by atoms with E-state index in [1.54, 1.807) is 18.2 Å². The zero-order valence-corrected chi connectivity index (χ0v) is 11.9. The highest BCUT2D eigenvalue weighted by molar-refractivity contribution is 7.10. The minimum atomic E-state index is -0.608. The lowest BCUT2D eigenvalue weighted by Crippen LogP contribution is -2.13. The summed E-state index contributed by atoms with van der Waals surface area (Å²) < 4.78 is 30.5. The maximum absolute atomic E-state index is 13.5. The van der Waals surface area contributed by atoms with Crippen LogP contribution in [0, 0.1) is 11.6 Å². The number of carbonyl (C=O) groups is 1. The van der Waals surface area contributed by atoms with Crippen molar-refractivity contribution in [1.82, 2.24) is 9.36 Å². The molecule has 0 spiro atoms. The summed E-state index contributed by atoms with van der Waals surface area (Å²) in [4.78, 5) is 16.1. The molecule has 22 heavy (non-hydrogen) atoms. The van der Waals surface area contributed by atoms with Crippen LogP contribution in [-0.4, -0.2) is 15.3 Å². The Balaban J connectivity index is 1.78. The van der Waals surface area contributed by atoms with Gasteiger partial charge in [-0.2, -0.15) is 9.36 Å². The molecule has 0 fully saturated rings. The van der Waals surface area contributed by atoms with Gasteiger partial charge in [-0.1, -0.05) is 12.1 Å². The molecular formula is C15H9F2N3OS. The standard InChI is InChI=1S/C15H9F2N3OS/c16-10-7-5-9(6-8-10)13-18-15(22-20-13)19-14(21)11-3-1-2-4-12(11)17/h1-8H,(H,18,19,20,21). The molecule has 2 aromatic carbocycles. The number of hydrogen-bond donors (Lipinski definition) is 1. The molecule has 1 heterocycles. The Hall–Kier alpha value is -2.67. The average molecular weight is 317 g/mol. The van der Waals surface area contributed by atoms with E-state index >= 15 is 0 Å². The molecule has 0 aliphatic heterocycles. The summed E-state index contributed by atoms with van der Waals surface area (Å²) >= 11 is 0.968. The van der Waals surface area contributed by atoms with Crippen molar-refractivity contribution in [2.45, 2.75) is 0 Å². The van der Waals surface area contributed by atoms with Crippen LogP contribution in [0.4, 0.5) is 13.9 Å². The minimum Gasteiger partial charge on any atom is -0.296 e. The molecule has 0 atom stereocenters. The third-order valence-corrected chi connectivity index (χ3v) is 3.50. The smallest absolute Gasteiger partial charge is 0.260 e. The summed E-state index contributed by atoms with van der Waals surface area (Å²) in [6.45, 7) is 0. The van der Waals surface area contributed by atoms with E-state index in [9.17, 15) is 13.6 Å². The van der Waals surface area contributed by atoms with Gasteiger partial charge in [0, 0.05) is 17.1 Å². The number of benzene rings is 2. The average Bonchev–Trinajstić information content (AvgIpc) is 2.97. The monoisotopic (exact) mass is 317 g/mol. The minimum absolute atomic E-state index is 0.0685. The summed E-state index contributed by atoms with van der Waals surface area (Å²) in [5.74, 6) is -1.19. The SMILES string of the molecule is O=C(Nc1nc(-c2ccc(F)cc2)ns1)c1ccccc1F. The van der Waals surface area contributed by atoms with Crippen molar-refractivity contribution in [2.24, 2.45) is 0 Å². The molecule has 0 radical (unpaired) electrons. The van der Waals surface area contributed by atoms with Crippen molar-refractivity contribution in [3.05, 3.63) is 65.7 Å². The third kappa shape index (κ3) is 2.99. The number of rotatable bonds is 3. The van der Waals surface area contributed by atoms with Crippen molar-refractivity contribution in [3.8, 4) is 11.4 Å². The van der Waals surface area contributed by atoms with E-state index in [0.29, 0.717) is 11.4 Å². The lowest BCUT2D eigenvalue weighted by Gasteiger charge is -2.01. The molecule has 3 rings (SSSR count). The fraction of sp³-hybridized carbons (Fsp3) is 0. The first-order chi connectivity index (χ1) is 10.6. The maximum Gasteiger partial charge on any atom is 0.260 e. The van der Waals surface area contributed by atoms with Crippen LogP contribution < -0.4 is 5.32 Å². The molecule has 0 aliphatic rings. The third-order valence-electron chi connectivity index (χ3n) is 2.87. The molecule has 7 heteroatoms. The molecule has 1 aromatic heterocycles. The van der Waals surface area contributed by atoms with Crippen LogP contribution in [0.15, 0.2) is 48.5 Å². The van der Waals surface area contributed by atoms with E-state index in [0.717, 1.165) is 11.5 Å². The van der Waals surface area contributed by atoms with E-state index < -0.39 is 11.7 Å². The van der Waals surface area contributed by atoms with Gasteiger partial charge in [0.05, 0.1) is 5.56 Å². The van der Waals surface area contributed by atoms with Crippen molar-refractivity contribution < 1.29 is 13.6 Å². The number of aromatic nitrogens is 2. The Labute approximate surface area is 128 Å². The first kappa shape index (κ1) is 14.3. The fourth-order valence-electron chi connectivity index (χ4n) is 1.80. The molecular weight excluding hydrogens is 308 g/mol. The van der Waals surface area contributed by atoms with Gasteiger partial charge in [0.25, 0.3) is 5.91 Å². The Morgan fingerprint density at radius 3 is 2.50 bits per heavy atom. The van der Waals surface area contributed by atoms with Crippen molar-refractivity contribution in [3.63, 3.8) is 0 Å². The zero-order valence-electron chi connectivity index (χ0n) is 11.1. The summed E-state index contributed by atoms with van der Waals surface area (Å²) in [6.07, 6.45) is 0. The van der Waals surface area contributed by atoms with Crippen molar-refractivity contribution in [2.75, 3.05) is 5.32 Å². The molecule has 0 saturated carbocycles. The second-order valence-corrected chi connectivity index (χ2v) is 5.12. The number of amides is 1. The van der Waals surface area contributed by atoms with Crippen LogP contribution in [0.5, 0.6) is 0 Å². The predicted molar refractivity (Wildman–Crippen MR) is 79.7 cm³/mol. The molecule has 3 aromatic rings. The predicted octanol–water partition coefficient (Wildman–Crippen LogP) is 3.74. The number of carbonyl (C=O) groups excluding carboxylic acids is 1. The second-order valence-electron chi connectivity index (χ2n) is 4.36. The summed E-state index contributed by atoms with van der Waals surface area (Å²) in [5, 5.41) is 2.74. The first-order valence-corrected chi connectivity index (χ1v) is 7.06. The van der Waals surface area contributed by atoms with Crippen LogP contribution in [0.25, 0.3) is 11.4 Å². The Morgan fingerprint density at radius 2 is 1.77 bits per heavy atom. The molecule has 110 valence electrons. The number of hydrogen-bond acceptors (Lipinski definition) is 4. The van der Waals surface area contributed by atoms with E-state index in [2.05, 4.69) is 14.7 Å². The number of halogens is 2. The van der Waals surface area contributed by atoms with Gasteiger partial charge < -0.3 is 0 Å². The van der Waals surface area contributed by atoms with E-state index in [1.807, 2.05) is 0 Å². The van der Waals surface area contributed by atoms with Gasteiger partial charge >= 0.3 is 0 Å². The Morgan fingerprint density at radius 1 is 1.05 bits per heavy atom.